The molecule has 1 aromatic heterocycles. The molecule has 22 heavy (non-hydrogen) atoms. The molecular weight excluding hydrogens is 348 g/mol. The molecule has 1 aromatic carbocycles. The van der Waals surface area contributed by atoms with Gasteiger partial charge in [-0.15, -0.1) is 0 Å². The first-order valence-electron chi connectivity index (χ1n) is 7.01. The van der Waals surface area contributed by atoms with Crippen LogP contribution in [-0.4, -0.2) is 32.8 Å². The fourth-order valence-electron chi connectivity index (χ4n) is 2.54. The van der Waals surface area contributed by atoms with Gasteiger partial charge in [-0.3, -0.25) is 4.79 Å². The van der Waals surface area contributed by atoms with Crippen molar-refractivity contribution in [2.24, 2.45) is 0 Å². The van der Waals surface area contributed by atoms with Crippen molar-refractivity contribution in [2.45, 2.75) is 32.4 Å². The summed E-state index contributed by atoms with van der Waals surface area (Å²) in [5, 5.41) is 4.06. The maximum Gasteiger partial charge on any atom is 0.251 e. The second kappa shape index (κ2) is 5.39. The molecule has 116 valence electrons. The van der Waals surface area contributed by atoms with E-state index in [-0.39, 0.29) is 5.91 Å². The predicted molar refractivity (Wildman–Crippen MR) is 85.9 cm³/mol. The van der Waals surface area contributed by atoms with Crippen LogP contribution in [0.1, 0.15) is 26.8 Å². The first-order valence-corrected chi connectivity index (χ1v) is 7.81. The largest absolute Gasteiger partial charge is 0.484 e. The molecule has 6 nitrogen and oxygen atoms in total. The summed E-state index contributed by atoms with van der Waals surface area (Å²) < 4.78 is 8.47. The van der Waals surface area contributed by atoms with Gasteiger partial charge in [-0.1, -0.05) is 15.9 Å². The molecule has 1 atom stereocenters. The van der Waals surface area contributed by atoms with E-state index in [0.29, 0.717) is 12.3 Å². The molecule has 0 saturated heterocycles. The second-order valence-electron chi connectivity index (χ2n) is 5.95. The van der Waals surface area contributed by atoms with E-state index in [1.54, 1.807) is 15.9 Å². The number of carbonyl (C=O) groups excluding carboxylic acids is 1. The number of halogens is 1. The van der Waals surface area contributed by atoms with Crippen molar-refractivity contribution in [3.63, 3.8) is 0 Å². The monoisotopic (exact) mass is 364 g/mol. The molecule has 0 aliphatic carbocycles. The molecule has 0 radical (unpaired) electrons. The fourth-order valence-corrected chi connectivity index (χ4v) is 2.88. The van der Waals surface area contributed by atoms with Crippen LogP contribution in [0, 0.1) is 0 Å². The third kappa shape index (κ3) is 2.72. The number of ether oxygens (including phenoxy) is 1. The van der Waals surface area contributed by atoms with Crippen molar-refractivity contribution in [2.75, 3.05) is 11.4 Å². The Morgan fingerprint density at radius 1 is 1.45 bits per heavy atom. The summed E-state index contributed by atoms with van der Waals surface area (Å²) in [7, 11) is 0. The molecule has 2 heterocycles. The molecule has 0 saturated carbocycles. The van der Waals surface area contributed by atoms with Crippen LogP contribution in [0.25, 0.3) is 0 Å². The number of benzene rings is 1. The average Bonchev–Trinajstić information content (AvgIpc) is 2.97. The lowest BCUT2D eigenvalue weighted by molar-refractivity contribution is -0.122. The first kappa shape index (κ1) is 15.0. The van der Waals surface area contributed by atoms with E-state index >= 15 is 0 Å². The number of hydrogen-bond donors (Lipinski definition) is 0. The number of amides is 1. The highest BCUT2D eigenvalue weighted by Crippen LogP contribution is 2.39. The highest BCUT2D eigenvalue weighted by Gasteiger charge is 2.37. The van der Waals surface area contributed by atoms with Crippen LogP contribution in [0.3, 0.4) is 0 Å². The van der Waals surface area contributed by atoms with Gasteiger partial charge in [0, 0.05) is 4.47 Å². The van der Waals surface area contributed by atoms with Crippen molar-refractivity contribution in [3.8, 4) is 5.75 Å². The summed E-state index contributed by atoms with van der Waals surface area (Å²) >= 11 is 3.44. The van der Waals surface area contributed by atoms with Crippen molar-refractivity contribution < 1.29 is 9.53 Å². The molecule has 0 N–H and O–H groups in total. The van der Waals surface area contributed by atoms with E-state index < -0.39 is 11.6 Å². The highest BCUT2D eigenvalue weighted by atomic mass is 79.9. The average molecular weight is 365 g/mol. The topological polar surface area (TPSA) is 60.2 Å². The lowest BCUT2D eigenvalue weighted by atomic mass is 10.0. The molecule has 1 aliphatic heterocycles. The Balaban J connectivity index is 1.98. The SMILES string of the molecule is C[C@@H](C(=O)N1CC(C)(C)Oc2cc(Br)ccc21)n1cncn1. The van der Waals surface area contributed by atoms with Gasteiger partial charge in [0.2, 0.25) is 0 Å². The van der Waals surface area contributed by atoms with E-state index in [2.05, 4.69) is 26.0 Å². The fraction of sp³-hybridized carbons (Fsp3) is 0.400. The summed E-state index contributed by atoms with van der Waals surface area (Å²) in [5.74, 6) is 0.662. The summed E-state index contributed by atoms with van der Waals surface area (Å²) in [6, 6.07) is 5.26. The van der Waals surface area contributed by atoms with E-state index in [1.165, 1.54) is 6.33 Å². The van der Waals surface area contributed by atoms with Crippen LogP contribution in [-0.2, 0) is 4.79 Å². The molecule has 0 spiro atoms. The van der Waals surface area contributed by atoms with E-state index in [9.17, 15) is 4.79 Å². The van der Waals surface area contributed by atoms with Crippen LogP contribution < -0.4 is 9.64 Å². The van der Waals surface area contributed by atoms with E-state index in [4.69, 9.17) is 4.74 Å². The van der Waals surface area contributed by atoms with Gasteiger partial charge in [0.05, 0.1) is 12.2 Å². The van der Waals surface area contributed by atoms with Crippen LogP contribution in [0.2, 0.25) is 0 Å². The van der Waals surface area contributed by atoms with Gasteiger partial charge >= 0.3 is 0 Å². The lowest BCUT2D eigenvalue weighted by Crippen LogP contribution is -2.51. The molecule has 1 aliphatic rings. The van der Waals surface area contributed by atoms with Gasteiger partial charge in [0.1, 0.15) is 30.0 Å². The number of fused-ring (bicyclic) bond motifs is 1. The van der Waals surface area contributed by atoms with Gasteiger partial charge < -0.3 is 9.64 Å². The third-order valence-electron chi connectivity index (χ3n) is 3.59. The van der Waals surface area contributed by atoms with Crippen molar-refractivity contribution in [1.82, 2.24) is 14.8 Å². The Bertz CT molecular complexity index is 700. The van der Waals surface area contributed by atoms with Gasteiger partial charge in [-0.05, 0) is 39.0 Å². The molecule has 1 amide bonds. The van der Waals surface area contributed by atoms with Crippen LogP contribution in [0.15, 0.2) is 35.3 Å². The Morgan fingerprint density at radius 3 is 2.91 bits per heavy atom. The molecule has 0 fully saturated rings. The third-order valence-corrected chi connectivity index (χ3v) is 4.09. The second-order valence-corrected chi connectivity index (χ2v) is 6.87. The van der Waals surface area contributed by atoms with Crippen LogP contribution in [0.5, 0.6) is 5.75 Å². The van der Waals surface area contributed by atoms with E-state index in [1.807, 2.05) is 39.0 Å². The number of hydrogen-bond acceptors (Lipinski definition) is 4. The Kier molecular flexibility index (Phi) is 3.68. The maximum atomic E-state index is 12.9. The summed E-state index contributed by atoms with van der Waals surface area (Å²) in [5.41, 5.74) is 0.324. The number of carbonyl (C=O) groups is 1. The molecule has 3 rings (SSSR count). The Morgan fingerprint density at radius 2 is 2.23 bits per heavy atom. The standard InChI is InChI=1S/C15H17BrN4O2/c1-10(20-9-17-8-18-20)14(21)19-7-15(2,3)22-13-6-11(16)4-5-12(13)19/h4-6,8-10H,7H2,1-3H3/t10-/m0/s1. The zero-order valence-corrected chi connectivity index (χ0v) is 14.2. The first-order chi connectivity index (χ1) is 10.4. The van der Waals surface area contributed by atoms with Gasteiger partial charge in [0.15, 0.2) is 0 Å². The quantitative estimate of drug-likeness (QED) is 0.821. The van der Waals surface area contributed by atoms with Gasteiger partial charge in [-0.25, -0.2) is 9.67 Å². The van der Waals surface area contributed by atoms with Crippen LogP contribution >= 0.6 is 15.9 Å². The molecule has 7 heteroatoms. The molecule has 2 aromatic rings. The zero-order valence-electron chi connectivity index (χ0n) is 12.7. The van der Waals surface area contributed by atoms with Crippen molar-refractivity contribution in [1.29, 1.82) is 0 Å². The van der Waals surface area contributed by atoms with Crippen molar-refractivity contribution in [3.05, 3.63) is 35.3 Å². The number of aromatic nitrogens is 3. The molecule has 0 bridgehead atoms. The maximum absolute atomic E-state index is 12.9. The van der Waals surface area contributed by atoms with Gasteiger partial charge in [0.25, 0.3) is 5.91 Å². The predicted octanol–water partition coefficient (Wildman–Crippen LogP) is 2.81. The minimum atomic E-state index is -0.453. The summed E-state index contributed by atoms with van der Waals surface area (Å²) in [6.07, 6.45) is 2.98. The summed E-state index contributed by atoms with van der Waals surface area (Å²) in [6.45, 7) is 6.24. The lowest BCUT2D eigenvalue weighted by Gasteiger charge is -2.40. The molecule has 0 unspecified atom stereocenters. The Labute approximate surface area is 137 Å². The normalized spacial score (nSPS) is 17.5. The smallest absolute Gasteiger partial charge is 0.251 e. The highest BCUT2D eigenvalue weighted by molar-refractivity contribution is 9.10. The van der Waals surface area contributed by atoms with Crippen LogP contribution in [0.4, 0.5) is 5.69 Å². The van der Waals surface area contributed by atoms with E-state index in [0.717, 1.165) is 10.2 Å². The zero-order chi connectivity index (χ0) is 15.9. The number of nitrogens with zero attached hydrogens (tertiary/aromatic N) is 4. The number of anilines is 1. The minimum Gasteiger partial charge on any atom is -0.484 e. The van der Waals surface area contributed by atoms with Crippen molar-refractivity contribution >= 4 is 27.5 Å². The minimum absolute atomic E-state index is 0.0366. The summed E-state index contributed by atoms with van der Waals surface area (Å²) in [4.78, 5) is 18.6. The Hall–Kier alpha value is -1.89. The molecular formula is C15H17BrN4O2. The van der Waals surface area contributed by atoms with Gasteiger partial charge in [-0.2, -0.15) is 5.10 Å². The number of rotatable bonds is 2.